The van der Waals surface area contributed by atoms with Crippen molar-refractivity contribution in [2.24, 2.45) is 5.73 Å². The van der Waals surface area contributed by atoms with Gasteiger partial charge in [-0.15, -0.1) is 0 Å². The molecule has 0 aliphatic carbocycles. The summed E-state index contributed by atoms with van der Waals surface area (Å²) in [6, 6.07) is 7.28. The van der Waals surface area contributed by atoms with Gasteiger partial charge in [0.15, 0.2) is 0 Å². The second-order valence-corrected chi connectivity index (χ2v) is 7.39. The van der Waals surface area contributed by atoms with Crippen molar-refractivity contribution < 1.29 is 8.42 Å². The summed E-state index contributed by atoms with van der Waals surface area (Å²) in [5, 5.41) is 0. The average molecular weight is 256 g/mol. The monoisotopic (exact) mass is 256 g/mol. The summed E-state index contributed by atoms with van der Waals surface area (Å²) >= 11 is 0. The van der Waals surface area contributed by atoms with E-state index in [0.29, 0.717) is 12.2 Å². The van der Waals surface area contributed by atoms with E-state index < -0.39 is 14.8 Å². The average Bonchev–Trinajstić information content (AvgIpc) is 2.19. The molecular formula is C12H20N2O2S. The van der Waals surface area contributed by atoms with E-state index in [1.54, 1.807) is 32.9 Å². The largest absolute Gasteiger partial charge is 0.330 e. The van der Waals surface area contributed by atoms with Crippen molar-refractivity contribution in [1.29, 1.82) is 0 Å². The van der Waals surface area contributed by atoms with E-state index >= 15 is 0 Å². The van der Waals surface area contributed by atoms with Gasteiger partial charge in [0.1, 0.15) is 0 Å². The fourth-order valence-electron chi connectivity index (χ4n) is 1.21. The third-order valence-electron chi connectivity index (χ3n) is 2.45. The highest BCUT2D eigenvalue weighted by atomic mass is 32.2. The maximum atomic E-state index is 11.9. The summed E-state index contributed by atoms with van der Waals surface area (Å²) in [5.74, 6) is 0. The van der Waals surface area contributed by atoms with Crippen molar-refractivity contribution in [1.82, 2.24) is 0 Å². The Morgan fingerprint density at radius 1 is 1.18 bits per heavy atom. The normalized spacial score (nSPS) is 12.5. The number of sulfonamides is 1. The third-order valence-corrected chi connectivity index (χ3v) is 4.56. The Balaban J connectivity index is 2.83. The molecule has 0 radical (unpaired) electrons. The van der Waals surface area contributed by atoms with Gasteiger partial charge in [-0.1, -0.05) is 12.1 Å². The van der Waals surface area contributed by atoms with Gasteiger partial charge in [0.2, 0.25) is 10.0 Å². The number of nitrogens with one attached hydrogen (secondary N) is 1. The van der Waals surface area contributed by atoms with Gasteiger partial charge < -0.3 is 5.73 Å². The first-order chi connectivity index (χ1) is 7.76. The quantitative estimate of drug-likeness (QED) is 0.861. The van der Waals surface area contributed by atoms with Crippen LogP contribution in [0, 0.1) is 0 Å². The van der Waals surface area contributed by atoms with E-state index in [9.17, 15) is 8.42 Å². The third kappa shape index (κ3) is 3.71. The molecule has 96 valence electrons. The zero-order valence-electron chi connectivity index (χ0n) is 10.5. The van der Waals surface area contributed by atoms with E-state index in [1.165, 1.54) is 0 Å². The van der Waals surface area contributed by atoms with E-state index in [2.05, 4.69) is 4.72 Å². The summed E-state index contributed by atoms with van der Waals surface area (Å²) in [6.45, 7) is 5.58. The summed E-state index contributed by atoms with van der Waals surface area (Å²) in [5.41, 5.74) is 7.13. The molecule has 0 aliphatic rings. The van der Waals surface area contributed by atoms with Gasteiger partial charge in [0.05, 0.1) is 4.75 Å². The van der Waals surface area contributed by atoms with Crippen LogP contribution >= 0.6 is 0 Å². The molecule has 0 amide bonds. The minimum Gasteiger partial charge on any atom is -0.330 e. The van der Waals surface area contributed by atoms with Gasteiger partial charge in [-0.2, -0.15) is 0 Å². The highest BCUT2D eigenvalue weighted by Crippen LogP contribution is 2.19. The topological polar surface area (TPSA) is 72.2 Å². The number of anilines is 1. The molecule has 1 rings (SSSR count). The number of rotatable bonds is 4. The van der Waals surface area contributed by atoms with Crippen LogP contribution in [0.3, 0.4) is 0 Å². The highest BCUT2D eigenvalue weighted by Gasteiger charge is 2.28. The van der Waals surface area contributed by atoms with E-state index in [4.69, 9.17) is 5.73 Å². The first-order valence-corrected chi connectivity index (χ1v) is 7.06. The molecular weight excluding hydrogens is 236 g/mol. The molecule has 0 saturated heterocycles. The Kier molecular flexibility index (Phi) is 4.16. The Bertz CT molecular complexity index is 458. The number of hydrogen-bond donors (Lipinski definition) is 2. The molecule has 1 aromatic rings. The van der Waals surface area contributed by atoms with E-state index in [1.807, 2.05) is 12.1 Å². The molecule has 0 saturated carbocycles. The standard InChI is InChI=1S/C12H20N2O2S/c1-12(2,3)17(15,16)14-11-6-4-10(5-7-11)8-9-13/h4-7,14H,8-9,13H2,1-3H3. The Labute approximate surface area is 103 Å². The summed E-state index contributed by atoms with van der Waals surface area (Å²) in [7, 11) is -3.35. The Morgan fingerprint density at radius 2 is 1.71 bits per heavy atom. The van der Waals surface area contributed by atoms with Crippen molar-refractivity contribution >= 4 is 15.7 Å². The first kappa shape index (κ1) is 14.0. The van der Waals surface area contributed by atoms with E-state index in [0.717, 1.165) is 12.0 Å². The van der Waals surface area contributed by atoms with Crippen LogP contribution in [0.4, 0.5) is 5.69 Å². The molecule has 0 fully saturated rings. The van der Waals surface area contributed by atoms with Gasteiger partial charge in [-0.05, 0) is 51.4 Å². The minimum absolute atomic E-state index is 0.584. The summed E-state index contributed by atoms with van der Waals surface area (Å²) in [6.07, 6.45) is 0.798. The molecule has 0 atom stereocenters. The predicted octanol–water partition coefficient (Wildman–Crippen LogP) is 1.73. The maximum Gasteiger partial charge on any atom is 0.237 e. The lowest BCUT2D eigenvalue weighted by molar-refractivity contribution is 0.566. The van der Waals surface area contributed by atoms with Crippen LogP contribution in [0.5, 0.6) is 0 Å². The molecule has 0 bridgehead atoms. The van der Waals surface area contributed by atoms with Crippen LogP contribution in [0.1, 0.15) is 26.3 Å². The van der Waals surface area contributed by atoms with Crippen molar-refractivity contribution in [2.75, 3.05) is 11.3 Å². The van der Waals surface area contributed by atoms with Crippen molar-refractivity contribution in [3.05, 3.63) is 29.8 Å². The molecule has 17 heavy (non-hydrogen) atoms. The van der Waals surface area contributed by atoms with Gasteiger partial charge in [-0.25, -0.2) is 8.42 Å². The van der Waals surface area contributed by atoms with Crippen molar-refractivity contribution in [2.45, 2.75) is 31.9 Å². The molecule has 0 aromatic heterocycles. The van der Waals surface area contributed by atoms with Gasteiger partial charge in [0, 0.05) is 5.69 Å². The number of nitrogens with two attached hydrogens (primary N) is 1. The zero-order chi connectivity index (χ0) is 13.1. The van der Waals surface area contributed by atoms with Crippen LogP contribution in [0.15, 0.2) is 24.3 Å². The van der Waals surface area contributed by atoms with Crippen LogP contribution in [0.2, 0.25) is 0 Å². The molecule has 4 nitrogen and oxygen atoms in total. The second kappa shape index (κ2) is 5.06. The van der Waals surface area contributed by atoms with Gasteiger partial charge in [0.25, 0.3) is 0 Å². The van der Waals surface area contributed by atoms with Crippen LogP contribution in [0.25, 0.3) is 0 Å². The Hall–Kier alpha value is -1.07. The van der Waals surface area contributed by atoms with Gasteiger partial charge >= 0.3 is 0 Å². The molecule has 1 aromatic carbocycles. The summed E-state index contributed by atoms with van der Waals surface area (Å²) < 4.78 is 25.6. The van der Waals surface area contributed by atoms with Gasteiger partial charge in [-0.3, -0.25) is 4.72 Å². The van der Waals surface area contributed by atoms with Crippen molar-refractivity contribution in [3.8, 4) is 0 Å². The lowest BCUT2D eigenvalue weighted by Gasteiger charge is -2.20. The van der Waals surface area contributed by atoms with Crippen molar-refractivity contribution in [3.63, 3.8) is 0 Å². The fourth-order valence-corrected chi connectivity index (χ4v) is 1.97. The SMILES string of the molecule is CC(C)(C)S(=O)(=O)Nc1ccc(CCN)cc1. The molecule has 0 spiro atoms. The fraction of sp³-hybridized carbons (Fsp3) is 0.500. The van der Waals surface area contributed by atoms with E-state index in [-0.39, 0.29) is 0 Å². The molecule has 0 unspecified atom stereocenters. The first-order valence-electron chi connectivity index (χ1n) is 5.57. The summed E-state index contributed by atoms with van der Waals surface area (Å²) in [4.78, 5) is 0. The van der Waals surface area contributed by atoms with Crippen LogP contribution < -0.4 is 10.5 Å². The van der Waals surface area contributed by atoms with Crippen LogP contribution in [-0.2, 0) is 16.4 Å². The molecule has 0 heterocycles. The number of hydrogen-bond acceptors (Lipinski definition) is 3. The number of benzene rings is 1. The molecule has 5 heteroatoms. The maximum absolute atomic E-state index is 11.9. The lowest BCUT2D eigenvalue weighted by atomic mass is 10.1. The second-order valence-electron chi connectivity index (χ2n) is 4.95. The zero-order valence-corrected chi connectivity index (χ0v) is 11.3. The highest BCUT2D eigenvalue weighted by molar-refractivity contribution is 7.94. The van der Waals surface area contributed by atoms with Crippen LogP contribution in [-0.4, -0.2) is 19.7 Å². The predicted molar refractivity (Wildman–Crippen MR) is 71.5 cm³/mol. The minimum atomic E-state index is -3.35. The molecule has 0 aliphatic heterocycles. The molecule has 3 N–H and O–H groups in total. The lowest BCUT2D eigenvalue weighted by Crippen LogP contribution is -2.33. The smallest absolute Gasteiger partial charge is 0.237 e. The Morgan fingerprint density at radius 3 is 2.12 bits per heavy atom.